The maximum absolute atomic E-state index is 12.5. The number of aryl methyl sites for hydroxylation is 2. The number of rotatable bonds is 6. The van der Waals surface area contributed by atoms with Crippen LogP contribution in [0.2, 0.25) is 0 Å². The highest BCUT2D eigenvalue weighted by Gasteiger charge is 2.18. The Morgan fingerprint density at radius 2 is 1.84 bits per heavy atom. The molecule has 1 aliphatic heterocycles. The number of carbonyl (C=O) groups is 1. The number of hydrogen-bond donors (Lipinski definition) is 1. The molecule has 1 saturated heterocycles. The molecule has 0 bridgehead atoms. The van der Waals surface area contributed by atoms with Gasteiger partial charge in [0.1, 0.15) is 12.4 Å². The van der Waals surface area contributed by atoms with Gasteiger partial charge in [0.25, 0.3) is 5.91 Å². The molecule has 0 radical (unpaired) electrons. The summed E-state index contributed by atoms with van der Waals surface area (Å²) in [6.45, 7) is 7.15. The van der Waals surface area contributed by atoms with Crippen molar-refractivity contribution >= 4 is 11.6 Å². The van der Waals surface area contributed by atoms with Gasteiger partial charge in [0.05, 0.1) is 12.1 Å². The first-order valence-corrected chi connectivity index (χ1v) is 8.97. The van der Waals surface area contributed by atoms with E-state index < -0.39 is 0 Å². The van der Waals surface area contributed by atoms with Gasteiger partial charge in [-0.15, -0.1) is 0 Å². The predicted octanol–water partition coefficient (Wildman–Crippen LogP) is 3.71. The molecule has 4 heteroatoms. The van der Waals surface area contributed by atoms with Crippen LogP contribution in [0.4, 0.5) is 5.69 Å². The van der Waals surface area contributed by atoms with Crippen LogP contribution in [0.25, 0.3) is 0 Å². The maximum atomic E-state index is 12.5. The lowest BCUT2D eigenvalue weighted by Crippen LogP contribution is -2.30. The number of para-hydroxylation sites is 1. The van der Waals surface area contributed by atoms with Crippen LogP contribution in [0, 0.1) is 13.8 Å². The smallest absolute Gasteiger partial charge is 0.253 e. The van der Waals surface area contributed by atoms with Crippen LogP contribution in [0.1, 0.15) is 34.3 Å². The van der Waals surface area contributed by atoms with Crippen LogP contribution >= 0.6 is 0 Å². The Morgan fingerprint density at radius 3 is 2.60 bits per heavy atom. The molecule has 1 amide bonds. The number of hydrogen-bond acceptors (Lipinski definition) is 3. The fourth-order valence-electron chi connectivity index (χ4n) is 3.13. The van der Waals surface area contributed by atoms with E-state index in [0.717, 1.165) is 30.1 Å². The van der Waals surface area contributed by atoms with Gasteiger partial charge in [-0.2, -0.15) is 0 Å². The van der Waals surface area contributed by atoms with E-state index in [9.17, 15) is 4.79 Å². The van der Waals surface area contributed by atoms with Crippen molar-refractivity contribution in [3.05, 3.63) is 59.2 Å². The minimum atomic E-state index is -0.0359. The molecule has 25 heavy (non-hydrogen) atoms. The van der Waals surface area contributed by atoms with E-state index in [1.165, 1.54) is 24.0 Å². The Kier molecular flexibility index (Phi) is 5.59. The van der Waals surface area contributed by atoms with Crippen molar-refractivity contribution in [1.29, 1.82) is 0 Å². The van der Waals surface area contributed by atoms with Crippen LogP contribution in [0.3, 0.4) is 0 Å². The summed E-state index contributed by atoms with van der Waals surface area (Å²) in [5, 5.41) is 2.97. The van der Waals surface area contributed by atoms with Gasteiger partial charge in [-0.25, -0.2) is 0 Å². The summed E-state index contributed by atoms with van der Waals surface area (Å²) >= 11 is 0. The molecular weight excluding hydrogens is 312 g/mol. The number of anilines is 1. The fraction of sp³-hybridized carbons (Fsp3) is 0.381. The first-order valence-electron chi connectivity index (χ1n) is 8.97. The zero-order valence-corrected chi connectivity index (χ0v) is 15.0. The third kappa shape index (κ3) is 4.32. The van der Waals surface area contributed by atoms with Gasteiger partial charge in [0.15, 0.2) is 0 Å². The molecule has 0 aliphatic carbocycles. The molecule has 132 valence electrons. The molecule has 0 unspecified atom stereocenters. The average Bonchev–Trinajstić information content (AvgIpc) is 3.16. The van der Waals surface area contributed by atoms with Crippen LogP contribution in [0.5, 0.6) is 5.75 Å². The molecule has 2 aromatic rings. The van der Waals surface area contributed by atoms with Gasteiger partial charge in [0.2, 0.25) is 0 Å². The highest BCUT2D eigenvalue weighted by molar-refractivity contribution is 5.99. The molecule has 2 aromatic carbocycles. The third-order valence-electron chi connectivity index (χ3n) is 4.73. The minimum Gasteiger partial charge on any atom is -0.492 e. The molecule has 4 nitrogen and oxygen atoms in total. The van der Waals surface area contributed by atoms with Crippen molar-refractivity contribution in [1.82, 2.24) is 5.32 Å². The van der Waals surface area contributed by atoms with Crippen molar-refractivity contribution in [3.63, 3.8) is 0 Å². The third-order valence-corrected chi connectivity index (χ3v) is 4.73. The Morgan fingerprint density at radius 1 is 1.08 bits per heavy atom. The molecule has 1 heterocycles. The summed E-state index contributed by atoms with van der Waals surface area (Å²) in [5.41, 5.74) is 4.24. The normalized spacial score (nSPS) is 13.8. The zero-order chi connectivity index (χ0) is 17.6. The molecule has 0 saturated carbocycles. The van der Waals surface area contributed by atoms with Crippen LogP contribution in [-0.2, 0) is 0 Å². The van der Waals surface area contributed by atoms with Crippen LogP contribution < -0.4 is 15.0 Å². The highest BCUT2D eigenvalue weighted by Crippen LogP contribution is 2.24. The number of nitrogens with one attached hydrogen (secondary N) is 1. The number of nitrogens with zero attached hydrogens (tertiary/aromatic N) is 1. The first-order chi connectivity index (χ1) is 12.1. The number of amides is 1. The number of ether oxygens (including phenoxy) is 1. The molecule has 0 atom stereocenters. The molecule has 3 rings (SSSR count). The fourth-order valence-corrected chi connectivity index (χ4v) is 3.13. The van der Waals surface area contributed by atoms with Gasteiger partial charge in [-0.1, -0.05) is 18.2 Å². The Bertz CT molecular complexity index is 736. The van der Waals surface area contributed by atoms with E-state index in [1.54, 1.807) is 0 Å². The van der Waals surface area contributed by atoms with Crippen LogP contribution in [0.15, 0.2) is 42.5 Å². The monoisotopic (exact) mass is 338 g/mol. The van der Waals surface area contributed by atoms with E-state index in [4.69, 9.17) is 4.74 Å². The second kappa shape index (κ2) is 8.06. The summed E-state index contributed by atoms with van der Waals surface area (Å²) in [6.07, 6.45) is 2.39. The lowest BCUT2D eigenvalue weighted by molar-refractivity contribution is 0.0947. The summed E-state index contributed by atoms with van der Waals surface area (Å²) in [5.74, 6) is 0.806. The quantitative estimate of drug-likeness (QED) is 0.816. The number of benzene rings is 2. The summed E-state index contributed by atoms with van der Waals surface area (Å²) < 4.78 is 5.73. The largest absolute Gasteiger partial charge is 0.492 e. The van der Waals surface area contributed by atoms with E-state index in [2.05, 4.69) is 30.1 Å². The molecule has 1 fully saturated rings. The average molecular weight is 338 g/mol. The lowest BCUT2D eigenvalue weighted by atomic mass is 10.1. The SMILES string of the molecule is Cc1ccc(OCCNC(=O)c2ccccc2N2CCCC2)cc1C. The maximum Gasteiger partial charge on any atom is 0.253 e. The molecule has 0 aromatic heterocycles. The lowest BCUT2D eigenvalue weighted by Gasteiger charge is -2.20. The van der Waals surface area contributed by atoms with E-state index in [0.29, 0.717) is 13.2 Å². The molecule has 1 aliphatic rings. The summed E-state index contributed by atoms with van der Waals surface area (Å²) in [4.78, 5) is 14.8. The van der Waals surface area contributed by atoms with Gasteiger partial charge in [0, 0.05) is 18.8 Å². The van der Waals surface area contributed by atoms with Crippen molar-refractivity contribution in [2.45, 2.75) is 26.7 Å². The molecule has 1 N–H and O–H groups in total. The zero-order valence-electron chi connectivity index (χ0n) is 15.0. The Hall–Kier alpha value is -2.49. The van der Waals surface area contributed by atoms with E-state index >= 15 is 0 Å². The summed E-state index contributed by atoms with van der Waals surface area (Å²) in [6, 6.07) is 13.9. The van der Waals surface area contributed by atoms with Gasteiger partial charge in [-0.3, -0.25) is 4.79 Å². The van der Waals surface area contributed by atoms with Crippen LogP contribution in [-0.4, -0.2) is 32.1 Å². The highest BCUT2D eigenvalue weighted by atomic mass is 16.5. The predicted molar refractivity (Wildman–Crippen MR) is 102 cm³/mol. The molecular formula is C21H26N2O2. The van der Waals surface area contributed by atoms with Crippen molar-refractivity contribution in [3.8, 4) is 5.75 Å². The number of carbonyl (C=O) groups excluding carboxylic acids is 1. The van der Waals surface area contributed by atoms with Crippen molar-refractivity contribution in [2.24, 2.45) is 0 Å². The second-order valence-corrected chi connectivity index (χ2v) is 6.56. The topological polar surface area (TPSA) is 41.6 Å². The van der Waals surface area contributed by atoms with Crippen molar-refractivity contribution in [2.75, 3.05) is 31.1 Å². The summed E-state index contributed by atoms with van der Waals surface area (Å²) in [7, 11) is 0. The first kappa shape index (κ1) is 17.3. The van der Waals surface area contributed by atoms with Crippen molar-refractivity contribution < 1.29 is 9.53 Å². The molecule has 0 spiro atoms. The Labute approximate surface area is 149 Å². The standard InChI is InChI=1S/C21H26N2O2/c1-16-9-10-18(15-17(16)2)25-14-11-22-21(24)19-7-3-4-8-20(19)23-12-5-6-13-23/h3-4,7-10,15H,5-6,11-14H2,1-2H3,(H,22,24). The minimum absolute atomic E-state index is 0.0359. The second-order valence-electron chi connectivity index (χ2n) is 6.56. The Balaban J connectivity index is 1.53. The van der Waals surface area contributed by atoms with E-state index in [-0.39, 0.29) is 5.91 Å². The van der Waals surface area contributed by atoms with Gasteiger partial charge >= 0.3 is 0 Å². The van der Waals surface area contributed by atoms with Gasteiger partial charge < -0.3 is 15.0 Å². The van der Waals surface area contributed by atoms with Gasteiger partial charge in [-0.05, 0) is 62.1 Å². The van der Waals surface area contributed by atoms with E-state index in [1.807, 2.05) is 36.4 Å².